The number of nitrogens with zero attached hydrogens (tertiary/aromatic N) is 3. The van der Waals surface area contributed by atoms with Gasteiger partial charge in [0.25, 0.3) is 5.69 Å². The molecule has 0 radical (unpaired) electrons. The van der Waals surface area contributed by atoms with E-state index in [0.29, 0.717) is 17.1 Å². The first-order valence-electron chi connectivity index (χ1n) is 7.90. The van der Waals surface area contributed by atoms with Gasteiger partial charge in [-0.05, 0) is 48.1 Å². The second-order valence-corrected chi connectivity index (χ2v) is 6.75. The van der Waals surface area contributed by atoms with Crippen molar-refractivity contribution >= 4 is 44.9 Å². The number of nitro benzene ring substituents is 1. The summed E-state index contributed by atoms with van der Waals surface area (Å²) < 4.78 is 0.797. The van der Waals surface area contributed by atoms with Crippen LogP contribution < -0.4 is 10.6 Å². The lowest BCUT2D eigenvalue weighted by Crippen LogP contribution is -2.36. The normalized spacial score (nSPS) is 10.5. The lowest BCUT2D eigenvalue weighted by atomic mass is 10.1. The van der Waals surface area contributed by atoms with Gasteiger partial charge in [0.15, 0.2) is 0 Å². The van der Waals surface area contributed by atoms with Crippen LogP contribution in [0.2, 0.25) is 0 Å². The average Bonchev–Trinajstić information content (AvgIpc) is 2.58. The van der Waals surface area contributed by atoms with E-state index in [1.54, 1.807) is 38.4 Å². The van der Waals surface area contributed by atoms with Gasteiger partial charge in [-0.1, -0.05) is 6.07 Å². The van der Waals surface area contributed by atoms with Gasteiger partial charge in [-0.3, -0.25) is 24.6 Å². The van der Waals surface area contributed by atoms with Gasteiger partial charge in [0.2, 0.25) is 11.8 Å². The molecule has 10 heteroatoms. The van der Waals surface area contributed by atoms with Crippen molar-refractivity contribution in [1.82, 2.24) is 9.88 Å². The molecule has 0 unspecified atom stereocenters. The van der Waals surface area contributed by atoms with Crippen LogP contribution in [0.1, 0.15) is 5.56 Å². The van der Waals surface area contributed by atoms with Crippen LogP contribution in [0.25, 0.3) is 0 Å². The van der Waals surface area contributed by atoms with Crippen LogP contribution in [0, 0.1) is 17.0 Å². The highest BCUT2D eigenvalue weighted by atomic mass is 79.9. The fourth-order valence-electron chi connectivity index (χ4n) is 2.32. The predicted octanol–water partition coefficient (Wildman–Crippen LogP) is 2.57. The van der Waals surface area contributed by atoms with E-state index < -0.39 is 4.92 Å². The Hall–Kier alpha value is -2.85. The number of rotatable bonds is 7. The number of nitro groups is 1. The number of pyridine rings is 1. The van der Waals surface area contributed by atoms with Crippen molar-refractivity contribution in [3.05, 3.63) is 56.7 Å². The Bertz CT molecular complexity index is 857. The number of amides is 2. The van der Waals surface area contributed by atoms with Crippen molar-refractivity contribution in [1.29, 1.82) is 0 Å². The summed E-state index contributed by atoms with van der Waals surface area (Å²) in [7, 11) is 1.62. The smallest absolute Gasteiger partial charge is 0.274 e. The quantitative estimate of drug-likeness (QED) is 0.509. The zero-order valence-electron chi connectivity index (χ0n) is 14.7. The van der Waals surface area contributed by atoms with Gasteiger partial charge in [-0.15, -0.1) is 0 Å². The number of halogens is 1. The molecule has 0 spiro atoms. The zero-order chi connectivity index (χ0) is 20.0. The third kappa shape index (κ3) is 6.12. The molecule has 27 heavy (non-hydrogen) atoms. The highest BCUT2D eigenvalue weighted by molar-refractivity contribution is 9.10. The molecule has 0 fully saturated rings. The van der Waals surface area contributed by atoms with E-state index in [4.69, 9.17) is 0 Å². The minimum absolute atomic E-state index is 0.0148. The number of nitrogens with one attached hydrogen (secondary N) is 2. The standard InChI is InChI=1S/C17H18BrN5O4/c1-11-13(4-3-5-14(11)23(26)27)20-16(24)9-22(2)10-17(25)21-15-7-6-12(18)8-19-15/h3-8H,9-10H2,1-2H3,(H,20,24)(H,19,21,25). The molecule has 0 aliphatic rings. The molecule has 0 atom stereocenters. The molecule has 2 amide bonds. The lowest BCUT2D eigenvalue weighted by molar-refractivity contribution is -0.385. The summed E-state index contributed by atoms with van der Waals surface area (Å²) in [4.78, 5) is 40.2. The highest BCUT2D eigenvalue weighted by Gasteiger charge is 2.16. The summed E-state index contributed by atoms with van der Waals surface area (Å²) >= 11 is 3.26. The van der Waals surface area contributed by atoms with Crippen molar-refractivity contribution in [2.45, 2.75) is 6.92 Å². The summed E-state index contributed by atoms with van der Waals surface area (Å²) in [5.41, 5.74) is 0.672. The predicted molar refractivity (Wildman–Crippen MR) is 105 cm³/mol. The fraction of sp³-hybridized carbons (Fsp3) is 0.235. The Morgan fingerprint density at radius 2 is 1.85 bits per heavy atom. The first kappa shape index (κ1) is 20.5. The molecule has 2 rings (SSSR count). The van der Waals surface area contributed by atoms with Crippen LogP contribution in [0.15, 0.2) is 41.0 Å². The maximum atomic E-state index is 12.2. The number of anilines is 2. The number of hydrogen-bond donors (Lipinski definition) is 2. The molecule has 0 saturated carbocycles. The maximum absolute atomic E-state index is 12.2. The Morgan fingerprint density at radius 3 is 2.44 bits per heavy atom. The third-order valence-electron chi connectivity index (χ3n) is 3.60. The SMILES string of the molecule is Cc1c(NC(=O)CN(C)CC(=O)Nc2ccc(Br)cn2)cccc1[N+](=O)[O-]. The van der Waals surface area contributed by atoms with Gasteiger partial charge < -0.3 is 10.6 Å². The van der Waals surface area contributed by atoms with Crippen molar-refractivity contribution in [2.24, 2.45) is 0 Å². The summed E-state index contributed by atoms with van der Waals surface area (Å²) in [6, 6.07) is 7.87. The van der Waals surface area contributed by atoms with Gasteiger partial charge in [0.1, 0.15) is 5.82 Å². The Balaban J connectivity index is 1.88. The molecule has 0 bridgehead atoms. The third-order valence-corrected chi connectivity index (χ3v) is 4.07. The molecule has 1 heterocycles. The highest BCUT2D eigenvalue weighted by Crippen LogP contribution is 2.24. The minimum Gasteiger partial charge on any atom is -0.324 e. The van der Waals surface area contributed by atoms with Gasteiger partial charge in [-0.2, -0.15) is 0 Å². The second-order valence-electron chi connectivity index (χ2n) is 5.84. The molecule has 0 aliphatic heterocycles. The number of aromatic nitrogens is 1. The topological polar surface area (TPSA) is 117 Å². The van der Waals surface area contributed by atoms with Gasteiger partial charge in [0, 0.05) is 16.7 Å². The Morgan fingerprint density at radius 1 is 1.19 bits per heavy atom. The summed E-state index contributed by atoms with van der Waals surface area (Å²) in [6.07, 6.45) is 1.56. The van der Waals surface area contributed by atoms with E-state index in [0.717, 1.165) is 4.47 Å². The molecule has 9 nitrogen and oxygen atoms in total. The first-order chi connectivity index (χ1) is 12.8. The molecule has 2 aromatic rings. The van der Waals surface area contributed by atoms with E-state index in [1.165, 1.54) is 17.0 Å². The van der Waals surface area contributed by atoms with Crippen LogP contribution in [0.5, 0.6) is 0 Å². The maximum Gasteiger partial charge on any atom is 0.274 e. The van der Waals surface area contributed by atoms with E-state index in [9.17, 15) is 19.7 Å². The van der Waals surface area contributed by atoms with E-state index in [2.05, 4.69) is 31.5 Å². The summed E-state index contributed by atoms with van der Waals surface area (Å²) in [5.74, 6) is -0.282. The van der Waals surface area contributed by atoms with E-state index in [-0.39, 0.29) is 30.6 Å². The van der Waals surface area contributed by atoms with Crippen molar-refractivity contribution in [3.63, 3.8) is 0 Å². The average molecular weight is 436 g/mol. The number of hydrogen-bond acceptors (Lipinski definition) is 6. The number of likely N-dealkylation sites (N-methyl/N-ethyl adjacent to an activating group) is 1. The first-order valence-corrected chi connectivity index (χ1v) is 8.69. The Labute approximate surface area is 164 Å². The molecule has 142 valence electrons. The molecule has 1 aromatic heterocycles. The molecular formula is C17H18BrN5O4. The van der Waals surface area contributed by atoms with E-state index in [1.807, 2.05) is 0 Å². The number of carbonyl (C=O) groups excluding carboxylic acids is 2. The van der Waals surface area contributed by atoms with Crippen LogP contribution in [0.4, 0.5) is 17.2 Å². The lowest BCUT2D eigenvalue weighted by Gasteiger charge is -2.16. The largest absolute Gasteiger partial charge is 0.324 e. The zero-order valence-corrected chi connectivity index (χ0v) is 16.3. The van der Waals surface area contributed by atoms with E-state index >= 15 is 0 Å². The van der Waals surface area contributed by atoms with Gasteiger partial charge in [0.05, 0.1) is 29.3 Å². The molecular weight excluding hydrogens is 418 g/mol. The molecule has 1 aromatic carbocycles. The molecule has 0 aliphatic carbocycles. The van der Waals surface area contributed by atoms with Crippen LogP contribution in [0.3, 0.4) is 0 Å². The van der Waals surface area contributed by atoms with Crippen LogP contribution >= 0.6 is 15.9 Å². The van der Waals surface area contributed by atoms with Crippen molar-refractivity contribution < 1.29 is 14.5 Å². The van der Waals surface area contributed by atoms with Crippen LogP contribution in [-0.4, -0.2) is 46.8 Å². The van der Waals surface area contributed by atoms with Crippen LogP contribution in [-0.2, 0) is 9.59 Å². The fourth-order valence-corrected chi connectivity index (χ4v) is 2.56. The monoisotopic (exact) mass is 435 g/mol. The summed E-state index contributed by atoms with van der Waals surface area (Å²) in [5, 5.41) is 16.2. The van der Waals surface area contributed by atoms with Gasteiger partial charge >= 0.3 is 0 Å². The molecule has 0 saturated heterocycles. The van der Waals surface area contributed by atoms with Crippen molar-refractivity contribution in [2.75, 3.05) is 30.8 Å². The second kappa shape index (κ2) is 9.19. The number of benzene rings is 1. The Kier molecular flexibility index (Phi) is 6.97. The number of carbonyl (C=O) groups is 2. The van der Waals surface area contributed by atoms with Crippen molar-refractivity contribution in [3.8, 4) is 0 Å². The summed E-state index contributed by atoms with van der Waals surface area (Å²) in [6.45, 7) is 1.50. The minimum atomic E-state index is -0.502. The molecule has 2 N–H and O–H groups in total. The van der Waals surface area contributed by atoms with Gasteiger partial charge in [-0.25, -0.2) is 4.98 Å².